The summed E-state index contributed by atoms with van der Waals surface area (Å²) in [5, 5.41) is 8.61. The van der Waals surface area contributed by atoms with Crippen LogP contribution in [0.1, 0.15) is 5.69 Å². The fraction of sp³-hybridized carbons (Fsp3) is 0.222. The standard InChI is InChI=1S/C9H9N5O3/c10-9-13-7-6(8(17)14-9)12-4(2-11-7)1-5(16)3-15/h2,15H,1,3H2,(H3,10,11,13,14,17). The number of carbonyl (C=O) groups is 1. The van der Waals surface area contributed by atoms with Gasteiger partial charge in [0.05, 0.1) is 18.3 Å². The molecule has 8 nitrogen and oxygen atoms in total. The fourth-order valence-electron chi connectivity index (χ4n) is 1.31. The van der Waals surface area contributed by atoms with E-state index in [9.17, 15) is 9.59 Å². The SMILES string of the molecule is Nc1nc2ncc(CC(=O)CO)nc2c(=O)[nH]1. The van der Waals surface area contributed by atoms with Crippen LogP contribution in [0.2, 0.25) is 0 Å². The molecule has 0 amide bonds. The first-order chi connectivity index (χ1) is 8.10. The number of aliphatic hydroxyl groups is 1. The van der Waals surface area contributed by atoms with Crippen LogP contribution in [-0.2, 0) is 11.2 Å². The third-order valence-electron chi connectivity index (χ3n) is 2.04. The predicted molar refractivity (Wildman–Crippen MR) is 58.2 cm³/mol. The van der Waals surface area contributed by atoms with E-state index in [1.807, 2.05) is 0 Å². The van der Waals surface area contributed by atoms with Crippen LogP contribution in [0.15, 0.2) is 11.0 Å². The van der Waals surface area contributed by atoms with Crippen molar-refractivity contribution < 1.29 is 9.90 Å². The highest BCUT2D eigenvalue weighted by molar-refractivity contribution is 5.81. The van der Waals surface area contributed by atoms with E-state index < -0.39 is 17.9 Å². The van der Waals surface area contributed by atoms with Crippen LogP contribution in [0, 0.1) is 0 Å². The van der Waals surface area contributed by atoms with Gasteiger partial charge in [-0.25, -0.2) is 9.97 Å². The van der Waals surface area contributed by atoms with Gasteiger partial charge in [-0.15, -0.1) is 0 Å². The number of ketones is 1. The van der Waals surface area contributed by atoms with Crippen molar-refractivity contribution in [2.45, 2.75) is 6.42 Å². The van der Waals surface area contributed by atoms with Gasteiger partial charge in [0.25, 0.3) is 5.56 Å². The number of nitrogens with two attached hydrogens (primary N) is 1. The minimum absolute atomic E-state index is 0.0161. The van der Waals surface area contributed by atoms with Crippen molar-refractivity contribution in [1.82, 2.24) is 19.9 Å². The summed E-state index contributed by atoms with van der Waals surface area (Å²) in [6.07, 6.45) is 1.24. The molecular formula is C9H9N5O3. The number of aliphatic hydroxyl groups excluding tert-OH is 1. The molecule has 0 radical (unpaired) electrons. The monoisotopic (exact) mass is 235 g/mol. The Kier molecular flexibility index (Phi) is 2.79. The van der Waals surface area contributed by atoms with Gasteiger partial charge in [0.2, 0.25) is 5.95 Å². The minimum atomic E-state index is -0.573. The van der Waals surface area contributed by atoms with Crippen LogP contribution in [0.4, 0.5) is 5.95 Å². The average molecular weight is 235 g/mol. The molecular weight excluding hydrogens is 226 g/mol. The quantitative estimate of drug-likeness (QED) is 0.582. The number of rotatable bonds is 3. The topological polar surface area (TPSA) is 135 Å². The van der Waals surface area contributed by atoms with Gasteiger partial charge >= 0.3 is 0 Å². The Hall–Kier alpha value is -2.35. The Morgan fingerprint density at radius 2 is 2.24 bits per heavy atom. The number of aromatic amines is 1. The summed E-state index contributed by atoms with van der Waals surface area (Å²) < 4.78 is 0. The number of hydrogen-bond donors (Lipinski definition) is 3. The molecule has 0 aliphatic rings. The van der Waals surface area contributed by atoms with Crippen molar-refractivity contribution in [3.05, 3.63) is 22.2 Å². The van der Waals surface area contributed by atoms with Gasteiger partial charge in [-0.1, -0.05) is 0 Å². The summed E-state index contributed by atoms with van der Waals surface area (Å²) in [6.45, 7) is -0.573. The maximum absolute atomic E-state index is 11.5. The van der Waals surface area contributed by atoms with Gasteiger partial charge in [0, 0.05) is 0 Å². The molecule has 0 aromatic carbocycles. The number of H-pyrrole nitrogens is 1. The molecule has 0 saturated heterocycles. The molecule has 2 aromatic heterocycles. The Labute approximate surface area is 94.5 Å². The highest BCUT2D eigenvalue weighted by Crippen LogP contribution is 2.03. The Bertz CT molecular complexity index is 636. The maximum Gasteiger partial charge on any atom is 0.280 e. The average Bonchev–Trinajstić information content (AvgIpc) is 2.29. The number of anilines is 1. The van der Waals surface area contributed by atoms with Gasteiger partial charge in [-0.2, -0.15) is 4.98 Å². The van der Waals surface area contributed by atoms with Gasteiger partial charge in [-0.3, -0.25) is 14.6 Å². The lowest BCUT2D eigenvalue weighted by atomic mass is 10.2. The number of nitrogen functional groups attached to an aromatic ring is 1. The molecule has 88 valence electrons. The molecule has 8 heteroatoms. The predicted octanol–water partition coefficient (Wildman–Crippen LogP) is -1.60. The van der Waals surface area contributed by atoms with E-state index in [0.717, 1.165) is 0 Å². The molecule has 2 rings (SSSR count). The van der Waals surface area contributed by atoms with Gasteiger partial charge in [-0.05, 0) is 0 Å². The largest absolute Gasteiger partial charge is 0.389 e. The smallest absolute Gasteiger partial charge is 0.280 e. The lowest BCUT2D eigenvalue weighted by Crippen LogP contribution is -2.15. The van der Waals surface area contributed by atoms with E-state index >= 15 is 0 Å². The summed E-state index contributed by atoms with van der Waals surface area (Å²) in [6, 6.07) is 0. The Balaban J connectivity index is 2.50. The zero-order valence-electron chi connectivity index (χ0n) is 8.67. The minimum Gasteiger partial charge on any atom is -0.389 e. The molecule has 2 aromatic rings. The van der Waals surface area contributed by atoms with Crippen molar-refractivity contribution in [2.24, 2.45) is 0 Å². The summed E-state index contributed by atoms with van der Waals surface area (Å²) in [5.74, 6) is -0.450. The highest BCUT2D eigenvalue weighted by Gasteiger charge is 2.09. The lowest BCUT2D eigenvalue weighted by Gasteiger charge is -2.00. The second kappa shape index (κ2) is 4.26. The summed E-state index contributed by atoms with van der Waals surface area (Å²) >= 11 is 0. The van der Waals surface area contributed by atoms with E-state index in [-0.39, 0.29) is 23.5 Å². The highest BCUT2D eigenvalue weighted by atomic mass is 16.3. The van der Waals surface area contributed by atoms with Crippen LogP contribution >= 0.6 is 0 Å². The third-order valence-corrected chi connectivity index (χ3v) is 2.04. The zero-order chi connectivity index (χ0) is 12.4. The first kappa shape index (κ1) is 11.1. The third kappa shape index (κ3) is 2.26. The number of Topliss-reactive ketones (excluding diaryl/α,β-unsaturated/α-hetero) is 1. The maximum atomic E-state index is 11.5. The summed E-state index contributed by atoms with van der Waals surface area (Å²) in [7, 11) is 0. The van der Waals surface area contributed by atoms with Crippen molar-refractivity contribution in [3.8, 4) is 0 Å². The molecule has 0 aliphatic heterocycles. The van der Waals surface area contributed by atoms with Gasteiger partial charge in [0.1, 0.15) is 6.61 Å². The van der Waals surface area contributed by atoms with Crippen LogP contribution in [0.25, 0.3) is 11.2 Å². The van der Waals surface area contributed by atoms with E-state index in [0.29, 0.717) is 5.69 Å². The van der Waals surface area contributed by atoms with Crippen molar-refractivity contribution >= 4 is 22.9 Å². The normalized spacial score (nSPS) is 10.6. The van der Waals surface area contributed by atoms with E-state index in [1.165, 1.54) is 6.20 Å². The second-order valence-electron chi connectivity index (χ2n) is 3.36. The molecule has 0 spiro atoms. The van der Waals surface area contributed by atoms with Crippen molar-refractivity contribution in [1.29, 1.82) is 0 Å². The zero-order valence-corrected chi connectivity index (χ0v) is 8.67. The van der Waals surface area contributed by atoms with Crippen LogP contribution in [-0.4, -0.2) is 37.4 Å². The number of nitrogens with zero attached hydrogens (tertiary/aromatic N) is 3. The van der Waals surface area contributed by atoms with Gasteiger partial charge < -0.3 is 10.8 Å². The van der Waals surface area contributed by atoms with Crippen LogP contribution in [0.5, 0.6) is 0 Å². The number of hydrogen-bond acceptors (Lipinski definition) is 7. The fourth-order valence-corrected chi connectivity index (χ4v) is 1.31. The van der Waals surface area contributed by atoms with E-state index in [4.69, 9.17) is 10.8 Å². The summed E-state index contributed by atoms with van der Waals surface area (Å²) in [4.78, 5) is 36.4. The number of aromatic nitrogens is 4. The van der Waals surface area contributed by atoms with E-state index in [2.05, 4.69) is 19.9 Å². The number of nitrogens with one attached hydrogen (secondary N) is 1. The number of fused-ring (bicyclic) bond motifs is 1. The van der Waals surface area contributed by atoms with Crippen molar-refractivity contribution in [2.75, 3.05) is 12.3 Å². The molecule has 0 bridgehead atoms. The van der Waals surface area contributed by atoms with Crippen LogP contribution < -0.4 is 11.3 Å². The molecule has 2 heterocycles. The Morgan fingerprint density at radius 3 is 2.94 bits per heavy atom. The molecule has 0 aliphatic carbocycles. The summed E-state index contributed by atoms with van der Waals surface area (Å²) in [5.41, 5.74) is 5.26. The molecule has 17 heavy (non-hydrogen) atoms. The van der Waals surface area contributed by atoms with Gasteiger partial charge in [0.15, 0.2) is 16.9 Å². The molecule has 0 unspecified atom stereocenters. The molecule has 4 N–H and O–H groups in total. The first-order valence-corrected chi connectivity index (χ1v) is 4.74. The lowest BCUT2D eigenvalue weighted by molar-refractivity contribution is -0.121. The first-order valence-electron chi connectivity index (χ1n) is 4.74. The Morgan fingerprint density at radius 1 is 1.47 bits per heavy atom. The van der Waals surface area contributed by atoms with Crippen LogP contribution in [0.3, 0.4) is 0 Å². The van der Waals surface area contributed by atoms with Crippen molar-refractivity contribution in [3.63, 3.8) is 0 Å². The molecule has 0 atom stereocenters. The number of carbonyl (C=O) groups excluding carboxylic acids is 1. The molecule has 0 saturated carbocycles. The second-order valence-corrected chi connectivity index (χ2v) is 3.36. The molecule has 0 fully saturated rings. The van der Waals surface area contributed by atoms with E-state index in [1.54, 1.807) is 0 Å².